The number of rotatable bonds is 69. The molecule has 0 saturated heterocycles. The number of allylic oxidation sites excluding steroid dienone is 6. The van der Waals surface area contributed by atoms with Crippen LogP contribution in [0.3, 0.4) is 0 Å². The van der Waals surface area contributed by atoms with Gasteiger partial charge in [0.1, 0.15) is 13.2 Å². The van der Waals surface area contributed by atoms with Gasteiger partial charge in [-0.2, -0.15) is 0 Å². The zero-order valence-corrected chi connectivity index (χ0v) is 56.6. The SMILES string of the molecule is CCCCCCC/C=C\C/C=C\CCCCCCCCCCCCCCCCCCCCCCCCCCCCCCCC(=O)OC(COC(=O)CCCCCCCCC/C=C\CCCCCCCCC)COC(OCC[N+](C)(C)C)C(=O)[O-]. The molecule has 0 radical (unpaired) electrons. The molecule has 0 aliphatic carbocycles. The van der Waals surface area contributed by atoms with E-state index in [1.807, 2.05) is 21.1 Å². The highest BCUT2D eigenvalue weighted by atomic mass is 16.7. The maximum atomic E-state index is 12.9. The highest BCUT2D eigenvalue weighted by Gasteiger charge is 2.22. The van der Waals surface area contributed by atoms with Gasteiger partial charge in [-0.25, -0.2) is 0 Å². The number of hydrogen-bond donors (Lipinski definition) is 0. The molecule has 0 aliphatic rings. The molecular formula is C75H141NO8. The standard InChI is InChI=1S/C75H141NO8/c1-6-8-10-12-14-16-18-20-22-24-26-27-28-29-30-31-32-33-34-35-36-37-38-39-40-41-42-43-44-45-46-47-48-50-52-54-56-58-60-62-64-66-73(78)84-71(70-83-75(74(79)80)81-68-67-76(3,4)5)69-82-72(77)65-63-61-59-57-55-53-51-49-25-23-21-19-17-15-13-11-9-7-2/h18,20,23-26,71,75H,6-17,19,21-22,27-70H2,1-5H3/b20-18-,25-23-,26-24-. The number of quaternary nitrogens is 1. The molecule has 0 aromatic rings. The lowest BCUT2D eigenvalue weighted by molar-refractivity contribution is -0.870. The quantitative estimate of drug-likeness (QED) is 0.0195. The van der Waals surface area contributed by atoms with Gasteiger partial charge < -0.3 is 33.3 Å². The molecule has 0 amide bonds. The van der Waals surface area contributed by atoms with Crippen LogP contribution < -0.4 is 5.11 Å². The molecular weight excluding hydrogens is 1040 g/mol. The summed E-state index contributed by atoms with van der Waals surface area (Å²) in [5.41, 5.74) is 0. The van der Waals surface area contributed by atoms with Crippen LogP contribution in [-0.4, -0.2) is 82.3 Å². The summed E-state index contributed by atoms with van der Waals surface area (Å²) in [7, 11) is 5.94. The number of carbonyl (C=O) groups excluding carboxylic acids is 3. The van der Waals surface area contributed by atoms with Crippen molar-refractivity contribution in [1.29, 1.82) is 0 Å². The predicted octanol–water partition coefficient (Wildman–Crippen LogP) is 21.4. The second kappa shape index (κ2) is 66.5. The van der Waals surface area contributed by atoms with E-state index in [0.717, 1.165) is 44.9 Å². The Morgan fingerprint density at radius 3 is 0.952 bits per heavy atom. The van der Waals surface area contributed by atoms with Crippen LogP contribution in [-0.2, 0) is 33.3 Å². The highest BCUT2D eigenvalue weighted by Crippen LogP contribution is 2.19. The third kappa shape index (κ3) is 67.0. The Bertz CT molecular complexity index is 1470. The van der Waals surface area contributed by atoms with Crippen molar-refractivity contribution in [3.05, 3.63) is 36.5 Å². The number of likely N-dealkylation sites (N-methyl/N-ethyl adjacent to an activating group) is 1. The van der Waals surface area contributed by atoms with Crippen LogP contribution in [0.4, 0.5) is 0 Å². The highest BCUT2D eigenvalue weighted by molar-refractivity contribution is 5.70. The first kappa shape index (κ1) is 81.5. The van der Waals surface area contributed by atoms with Crippen molar-refractivity contribution in [2.24, 2.45) is 0 Å². The maximum Gasteiger partial charge on any atom is 0.306 e. The Morgan fingerprint density at radius 2 is 0.643 bits per heavy atom. The summed E-state index contributed by atoms with van der Waals surface area (Å²) < 4.78 is 22.8. The van der Waals surface area contributed by atoms with Gasteiger partial charge in [0.15, 0.2) is 12.4 Å². The van der Waals surface area contributed by atoms with Crippen molar-refractivity contribution >= 4 is 17.9 Å². The number of ether oxygens (including phenoxy) is 4. The van der Waals surface area contributed by atoms with Crippen LogP contribution >= 0.6 is 0 Å². The zero-order chi connectivity index (χ0) is 61.2. The molecule has 0 saturated carbocycles. The van der Waals surface area contributed by atoms with E-state index in [1.54, 1.807) is 0 Å². The second-order valence-corrected chi connectivity index (χ2v) is 26.2. The van der Waals surface area contributed by atoms with E-state index in [0.29, 0.717) is 17.4 Å². The second-order valence-electron chi connectivity index (χ2n) is 26.2. The molecule has 0 bridgehead atoms. The van der Waals surface area contributed by atoms with Gasteiger partial charge in [0.2, 0.25) is 0 Å². The molecule has 2 unspecified atom stereocenters. The van der Waals surface area contributed by atoms with Crippen molar-refractivity contribution in [3.8, 4) is 0 Å². The molecule has 9 nitrogen and oxygen atoms in total. The molecule has 0 rings (SSSR count). The Balaban J connectivity index is 3.92. The van der Waals surface area contributed by atoms with Gasteiger partial charge in [-0.05, 0) is 70.6 Å². The minimum absolute atomic E-state index is 0.150. The van der Waals surface area contributed by atoms with Crippen LogP contribution in [0.1, 0.15) is 367 Å². The topological polar surface area (TPSA) is 111 Å². The van der Waals surface area contributed by atoms with Crippen LogP contribution in [0.2, 0.25) is 0 Å². The fraction of sp³-hybridized carbons (Fsp3) is 0.880. The number of aliphatic carboxylic acids is 1. The van der Waals surface area contributed by atoms with Gasteiger partial charge >= 0.3 is 11.9 Å². The monoisotopic (exact) mass is 1180 g/mol. The van der Waals surface area contributed by atoms with Gasteiger partial charge in [0, 0.05) is 12.8 Å². The molecule has 494 valence electrons. The molecule has 0 fully saturated rings. The smallest absolute Gasteiger partial charge is 0.306 e. The third-order valence-corrected chi connectivity index (χ3v) is 16.6. The number of carboxylic acids is 1. The summed E-state index contributed by atoms with van der Waals surface area (Å²) in [5, 5.41) is 11.8. The van der Waals surface area contributed by atoms with Crippen LogP contribution in [0, 0.1) is 0 Å². The first-order chi connectivity index (χ1) is 41.1. The van der Waals surface area contributed by atoms with Crippen LogP contribution in [0.5, 0.6) is 0 Å². The summed E-state index contributed by atoms with van der Waals surface area (Å²) in [6, 6.07) is 0. The van der Waals surface area contributed by atoms with E-state index in [2.05, 4.69) is 50.3 Å². The third-order valence-electron chi connectivity index (χ3n) is 16.6. The molecule has 2 atom stereocenters. The molecule has 0 heterocycles. The van der Waals surface area contributed by atoms with Crippen molar-refractivity contribution in [3.63, 3.8) is 0 Å². The summed E-state index contributed by atoms with van der Waals surface area (Å²) in [5.74, 6) is -2.26. The number of hydrogen-bond acceptors (Lipinski definition) is 8. The number of unbranched alkanes of at least 4 members (excludes halogenated alkanes) is 48. The van der Waals surface area contributed by atoms with E-state index in [9.17, 15) is 19.5 Å². The lowest BCUT2D eigenvalue weighted by Crippen LogP contribution is -2.44. The molecule has 0 aromatic carbocycles. The van der Waals surface area contributed by atoms with Crippen LogP contribution in [0.25, 0.3) is 0 Å². The predicted molar refractivity (Wildman–Crippen MR) is 357 cm³/mol. The van der Waals surface area contributed by atoms with E-state index in [4.69, 9.17) is 18.9 Å². The Labute approximate surface area is 521 Å². The Morgan fingerprint density at radius 1 is 0.357 bits per heavy atom. The van der Waals surface area contributed by atoms with Gasteiger partial charge in [-0.1, -0.05) is 320 Å². The summed E-state index contributed by atoms with van der Waals surface area (Å²) >= 11 is 0. The molecule has 0 N–H and O–H groups in total. The van der Waals surface area contributed by atoms with Crippen molar-refractivity contribution < 1.29 is 42.9 Å². The molecule has 9 heteroatoms. The lowest BCUT2D eigenvalue weighted by Gasteiger charge is -2.26. The summed E-state index contributed by atoms with van der Waals surface area (Å²) in [6.07, 6.45) is 81.2. The molecule has 0 aliphatic heterocycles. The zero-order valence-electron chi connectivity index (χ0n) is 56.6. The Kier molecular flexibility index (Phi) is 64.5. The minimum atomic E-state index is -1.62. The molecule has 84 heavy (non-hydrogen) atoms. The number of carboxylic acid groups (broad SMARTS) is 1. The average molecular weight is 1180 g/mol. The van der Waals surface area contributed by atoms with Gasteiger partial charge in [-0.15, -0.1) is 0 Å². The van der Waals surface area contributed by atoms with E-state index >= 15 is 0 Å². The molecule has 0 spiro atoms. The van der Waals surface area contributed by atoms with Crippen molar-refractivity contribution in [2.45, 2.75) is 379 Å². The van der Waals surface area contributed by atoms with Gasteiger partial charge in [0.25, 0.3) is 0 Å². The number of esters is 2. The summed E-state index contributed by atoms with van der Waals surface area (Å²) in [4.78, 5) is 37.4. The number of nitrogens with zero attached hydrogens (tertiary/aromatic N) is 1. The van der Waals surface area contributed by atoms with E-state index in [-0.39, 0.29) is 32.2 Å². The largest absolute Gasteiger partial charge is 0.545 e. The fourth-order valence-electron chi connectivity index (χ4n) is 11.0. The lowest BCUT2D eigenvalue weighted by atomic mass is 10.0. The van der Waals surface area contributed by atoms with Crippen molar-refractivity contribution in [2.75, 3.05) is 47.5 Å². The Hall–Kier alpha value is -2.49. The minimum Gasteiger partial charge on any atom is -0.545 e. The normalized spacial score (nSPS) is 12.8. The maximum absolute atomic E-state index is 12.9. The van der Waals surface area contributed by atoms with Crippen molar-refractivity contribution in [1.82, 2.24) is 0 Å². The molecule has 0 aromatic heterocycles. The van der Waals surface area contributed by atoms with Gasteiger partial charge in [-0.3, -0.25) is 9.59 Å². The first-order valence-electron chi connectivity index (χ1n) is 36.6. The summed E-state index contributed by atoms with van der Waals surface area (Å²) in [6.45, 7) is 4.79. The van der Waals surface area contributed by atoms with E-state index in [1.165, 1.54) is 295 Å². The van der Waals surface area contributed by atoms with E-state index < -0.39 is 24.3 Å². The van der Waals surface area contributed by atoms with Crippen LogP contribution in [0.15, 0.2) is 36.5 Å². The van der Waals surface area contributed by atoms with Gasteiger partial charge in [0.05, 0.1) is 40.3 Å². The number of carbonyl (C=O) groups is 3. The average Bonchev–Trinajstić information content (AvgIpc) is 3.52. The first-order valence-corrected chi connectivity index (χ1v) is 36.6. The fourth-order valence-corrected chi connectivity index (χ4v) is 11.0.